The second kappa shape index (κ2) is 5.05. The minimum Gasteiger partial charge on any atom is -0.444 e. The van der Waals surface area contributed by atoms with Crippen LogP contribution in [0.5, 0.6) is 0 Å². The van der Waals surface area contributed by atoms with Crippen molar-refractivity contribution in [3.8, 4) is 0 Å². The largest absolute Gasteiger partial charge is 0.444 e. The lowest BCUT2D eigenvalue weighted by atomic mass is 9.75. The molecule has 1 fully saturated rings. The van der Waals surface area contributed by atoms with Gasteiger partial charge in [0.1, 0.15) is 5.60 Å². The Hall–Kier alpha value is -0.810. The monoisotopic (exact) mass is 258 g/mol. The third kappa shape index (κ3) is 3.85. The Kier molecular flexibility index (Phi) is 4.28. The van der Waals surface area contributed by atoms with Crippen LogP contribution in [0.1, 0.15) is 47.5 Å². The Morgan fingerprint density at radius 2 is 1.72 bits per heavy atom. The van der Waals surface area contributed by atoms with E-state index in [1.54, 1.807) is 13.8 Å². The standard InChI is InChI=1S/C13H26N2O3/c1-11(2,3)18-10(16)15-13(12(4,5)17)6-8-14-9-7-13/h14,17H,6-9H2,1-5H3,(H,15,16). The molecule has 0 aromatic heterocycles. The summed E-state index contributed by atoms with van der Waals surface area (Å²) in [4.78, 5) is 11.9. The summed E-state index contributed by atoms with van der Waals surface area (Å²) >= 11 is 0. The number of piperidine rings is 1. The van der Waals surface area contributed by atoms with Crippen molar-refractivity contribution in [2.75, 3.05) is 13.1 Å². The molecule has 1 heterocycles. The van der Waals surface area contributed by atoms with E-state index < -0.39 is 22.8 Å². The van der Waals surface area contributed by atoms with Crippen LogP contribution in [0.3, 0.4) is 0 Å². The maximum atomic E-state index is 11.9. The molecular weight excluding hydrogens is 232 g/mol. The maximum absolute atomic E-state index is 11.9. The minimum atomic E-state index is -0.980. The van der Waals surface area contributed by atoms with Crippen molar-refractivity contribution in [1.29, 1.82) is 0 Å². The zero-order chi connectivity index (χ0) is 14.0. The molecule has 0 atom stereocenters. The minimum absolute atomic E-state index is 0.466. The van der Waals surface area contributed by atoms with E-state index in [-0.39, 0.29) is 0 Å². The Morgan fingerprint density at radius 3 is 2.11 bits per heavy atom. The van der Waals surface area contributed by atoms with Crippen molar-refractivity contribution in [2.24, 2.45) is 0 Å². The third-order valence-electron chi connectivity index (χ3n) is 3.37. The number of carbonyl (C=O) groups is 1. The van der Waals surface area contributed by atoms with Crippen LogP contribution in [0.25, 0.3) is 0 Å². The molecule has 0 radical (unpaired) electrons. The van der Waals surface area contributed by atoms with Gasteiger partial charge < -0.3 is 20.5 Å². The first-order chi connectivity index (χ1) is 8.06. The van der Waals surface area contributed by atoms with Crippen LogP contribution in [-0.4, -0.2) is 41.0 Å². The molecule has 1 saturated heterocycles. The van der Waals surface area contributed by atoms with Gasteiger partial charge >= 0.3 is 6.09 Å². The van der Waals surface area contributed by atoms with E-state index in [1.165, 1.54) is 0 Å². The van der Waals surface area contributed by atoms with Gasteiger partial charge in [-0.25, -0.2) is 4.79 Å². The van der Waals surface area contributed by atoms with E-state index in [2.05, 4.69) is 10.6 Å². The zero-order valence-corrected chi connectivity index (χ0v) is 12.1. The molecule has 0 aromatic carbocycles. The van der Waals surface area contributed by atoms with Crippen molar-refractivity contribution in [3.05, 3.63) is 0 Å². The summed E-state index contributed by atoms with van der Waals surface area (Å²) in [7, 11) is 0. The van der Waals surface area contributed by atoms with Gasteiger partial charge in [0.05, 0.1) is 11.1 Å². The van der Waals surface area contributed by atoms with Gasteiger partial charge in [-0.05, 0) is 60.5 Å². The number of carbonyl (C=O) groups excluding carboxylic acids is 1. The number of hydrogen-bond donors (Lipinski definition) is 3. The molecule has 1 amide bonds. The first kappa shape index (κ1) is 15.2. The molecule has 1 aliphatic rings. The highest BCUT2D eigenvalue weighted by atomic mass is 16.6. The molecule has 106 valence electrons. The van der Waals surface area contributed by atoms with Gasteiger partial charge in [-0.2, -0.15) is 0 Å². The van der Waals surface area contributed by atoms with E-state index in [1.807, 2.05) is 20.8 Å². The highest BCUT2D eigenvalue weighted by Crippen LogP contribution is 2.31. The van der Waals surface area contributed by atoms with E-state index in [0.29, 0.717) is 12.8 Å². The Bertz CT molecular complexity index is 296. The number of alkyl carbamates (subject to hydrolysis) is 1. The number of aliphatic hydroxyl groups is 1. The van der Waals surface area contributed by atoms with Crippen molar-refractivity contribution in [1.82, 2.24) is 10.6 Å². The topological polar surface area (TPSA) is 70.6 Å². The molecule has 0 unspecified atom stereocenters. The quantitative estimate of drug-likeness (QED) is 0.700. The lowest BCUT2D eigenvalue weighted by molar-refractivity contribution is -0.0430. The van der Waals surface area contributed by atoms with Crippen LogP contribution in [-0.2, 0) is 4.74 Å². The van der Waals surface area contributed by atoms with Gasteiger partial charge in [0.25, 0.3) is 0 Å². The fourth-order valence-electron chi connectivity index (χ4n) is 2.24. The summed E-state index contributed by atoms with van der Waals surface area (Å²) in [6.45, 7) is 10.5. The molecule has 5 nitrogen and oxygen atoms in total. The second-order valence-electron chi connectivity index (χ2n) is 6.52. The maximum Gasteiger partial charge on any atom is 0.408 e. The third-order valence-corrected chi connectivity index (χ3v) is 3.37. The van der Waals surface area contributed by atoms with E-state index >= 15 is 0 Å². The molecule has 0 aliphatic carbocycles. The van der Waals surface area contributed by atoms with Crippen LogP contribution in [0.4, 0.5) is 4.79 Å². The van der Waals surface area contributed by atoms with Crippen molar-refractivity contribution >= 4 is 6.09 Å². The zero-order valence-electron chi connectivity index (χ0n) is 12.1. The van der Waals surface area contributed by atoms with Crippen LogP contribution in [0, 0.1) is 0 Å². The fraction of sp³-hybridized carbons (Fsp3) is 0.923. The lowest BCUT2D eigenvalue weighted by Gasteiger charge is -2.46. The van der Waals surface area contributed by atoms with Gasteiger partial charge in [0.15, 0.2) is 0 Å². The Balaban J connectivity index is 2.77. The van der Waals surface area contributed by atoms with Gasteiger partial charge in [0, 0.05) is 0 Å². The molecule has 3 N–H and O–H groups in total. The molecule has 0 spiro atoms. The van der Waals surface area contributed by atoms with Gasteiger partial charge in [0.2, 0.25) is 0 Å². The summed E-state index contributed by atoms with van der Waals surface area (Å²) in [6, 6.07) is 0. The number of hydrogen-bond acceptors (Lipinski definition) is 4. The van der Waals surface area contributed by atoms with Crippen LogP contribution < -0.4 is 10.6 Å². The molecular formula is C13H26N2O3. The number of nitrogens with one attached hydrogen (secondary N) is 2. The number of rotatable bonds is 2. The average Bonchev–Trinajstić information content (AvgIpc) is 2.13. The Labute approximate surface area is 109 Å². The van der Waals surface area contributed by atoms with E-state index in [9.17, 15) is 9.90 Å². The molecule has 0 bridgehead atoms. The lowest BCUT2D eigenvalue weighted by Crippen LogP contribution is -2.66. The summed E-state index contributed by atoms with van der Waals surface area (Å²) in [6.07, 6.45) is 0.914. The van der Waals surface area contributed by atoms with Crippen molar-refractivity contribution < 1.29 is 14.6 Å². The number of amides is 1. The van der Waals surface area contributed by atoms with Gasteiger partial charge in [-0.3, -0.25) is 0 Å². The average molecular weight is 258 g/mol. The fourth-order valence-corrected chi connectivity index (χ4v) is 2.24. The predicted octanol–water partition coefficient (Wildman–Crippen LogP) is 1.40. The van der Waals surface area contributed by atoms with Crippen LogP contribution in [0.15, 0.2) is 0 Å². The van der Waals surface area contributed by atoms with Crippen LogP contribution in [0.2, 0.25) is 0 Å². The molecule has 1 aliphatic heterocycles. The summed E-state index contributed by atoms with van der Waals surface area (Å²) in [5.41, 5.74) is -2.13. The van der Waals surface area contributed by atoms with E-state index in [0.717, 1.165) is 13.1 Å². The molecule has 5 heteroatoms. The smallest absolute Gasteiger partial charge is 0.408 e. The molecule has 1 rings (SSSR count). The predicted molar refractivity (Wildman–Crippen MR) is 70.5 cm³/mol. The molecule has 18 heavy (non-hydrogen) atoms. The van der Waals surface area contributed by atoms with Gasteiger partial charge in [-0.1, -0.05) is 0 Å². The van der Waals surface area contributed by atoms with Gasteiger partial charge in [-0.15, -0.1) is 0 Å². The second-order valence-corrected chi connectivity index (χ2v) is 6.52. The van der Waals surface area contributed by atoms with E-state index in [4.69, 9.17) is 4.74 Å². The summed E-state index contributed by atoms with van der Waals surface area (Å²) in [5.74, 6) is 0. The highest BCUT2D eigenvalue weighted by molar-refractivity contribution is 5.69. The Morgan fingerprint density at radius 1 is 1.22 bits per heavy atom. The summed E-state index contributed by atoms with van der Waals surface area (Å²) < 4.78 is 5.28. The van der Waals surface area contributed by atoms with Crippen molar-refractivity contribution in [2.45, 2.75) is 64.2 Å². The first-order valence-electron chi connectivity index (χ1n) is 6.50. The SMILES string of the molecule is CC(C)(C)OC(=O)NC1(C(C)(C)O)CCNCC1. The number of ether oxygens (including phenoxy) is 1. The molecule has 0 saturated carbocycles. The normalized spacial score (nSPS) is 20.3. The highest BCUT2D eigenvalue weighted by Gasteiger charge is 2.46. The first-order valence-corrected chi connectivity index (χ1v) is 6.50. The summed E-state index contributed by atoms with van der Waals surface area (Å²) in [5, 5.41) is 16.4. The van der Waals surface area contributed by atoms with Crippen LogP contribution >= 0.6 is 0 Å². The molecule has 0 aromatic rings. The van der Waals surface area contributed by atoms with Crippen molar-refractivity contribution in [3.63, 3.8) is 0 Å².